The van der Waals surface area contributed by atoms with Crippen LogP contribution >= 0.6 is 0 Å². The summed E-state index contributed by atoms with van der Waals surface area (Å²) in [6.45, 7) is 12.8. The largest absolute Gasteiger partial charge is 0.459 e. The van der Waals surface area contributed by atoms with E-state index in [1.165, 1.54) is 75.6 Å². The Kier molecular flexibility index (Phi) is 19.7. The summed E-state index contributed by atoms with van der Waals surface area (Å²) in [5.41, 5.74) is -1.69. The highest BCUT2D eigenvalue weighted by Gasteiger charge is 2.65. The first-order valence-electron chi connectivity index (χ1n) is 27.3. The number of esters is 2. The predicted molar refractivity (Wildman–Crippen MR) is 264 cm³/mol. The molecule has 2 aromatic rings. The number of Topliss-reactive ketones (excluding diaryl/α,β-unsaturated/α-hetero) is 2. The van der Waals surface area contributed by atoms with Crippen LogP contribution in [0.5, 0.6) is 0 Å². The third-order valence-corrected chi connectivity index (χ3v) is 18.0. The molecule has 2 aromatic carbocycles. The van der Waals surface area contributed by atoms with Crippen LogP contribution in [0.25, 0.3) is 0 Å². The van der Waals surface area contributed by atoms with E-state index in [0.717, 1.165) is 95.1 Å². The van der Waals surface area contributed by atoms with Crippen LogP contribution < -0.4 is 0 Å². The highest BCUT2D eigenvalue weighted by Crippen LogP contribution is 2.69. The molecule has 4 saturated carbocycles. The summed E-state index contributed by atoms with van der Waals surface area (Å²) in [4.78, 5) is 67.4. The van der Waals surface area contributed by atoms with Gasteiger partial charge in [-0.1, -0.05) is 123 Å². The number of amides is 1. The van der Waals surface area contributed by atoms with E-state index in [2.05, 4.69) is 39.5 Å². The molecule has 0 spiro atoms. The lowest BCUT2D eigenvalue weighted by Crippen LogP contribution is -2.59. The van der Waals surface area contributed by atoms with Crippen molar-refractivity contribution in [3.8, 4) is 0 Å². The number of halogens is 6. The van der Waals surface area contributed by atoms with E-state index >= 15 is 0 Å². The summed E-state index contributed by atoms with van der Waals surface area (Å²) in [5, 5.41) is 0. The fraction of sp³-hybridized carbons (Fsp3) is 0.707. The zero-order chi connectivity index (χ0) is 52.4. The Morgan fingerprint density at radius 3 is 1.61 bits per heavy atom. The van der Waals surface area contributed by atoms with Crippen molar-refractivity contribution in [2.75, 3.05) is 13.1 Å². The number of unbranched alkanes of at least 4 members (excludes halogenated alkanes) is 10. The topological polar surface area (TPSA) is 107 Å². The second-order valence-corrected chi connectivity index (χ2v) is 22.4. The number of benzene rings is 2. The molecule has 1 amide bonds. The van der Waals surface area contributed by atoms with Gasteiger partial charge in [0.1, 0.15) is 12.2 Å². The molecule has 0 unspecified atom stereocenters. The zero-order valence-corrected chi connectivity index (χ0v) is 43.3. The summed E-state index contributed by atoms with van der Waals surface area (Å²) in [5.74, 6) is -4.03. The van der Waals surface area contributed by atoms with Gasteiger partial charge >= 0.3 is 24.3 Å². The maximum absolute atomic E-state index is 14.2. The monoisotopic (exact) mass is 1020 g/mol. The summed E-state index contributed by atoms with van der Waals surface area (Å²) in [6.07, 6.45) is 10.1. The predicted octanol–water partition coefficient (Wildman–Crippen LogP) is 15.2. The molecule has 6 rings (SSSR count). The molecule has 0 bridgehead atoms. The van der Waals surface area contributed by atoms with Crippen LogP contribution in [0, 0.1) is 46.3 Å². The van der Waals surface area contributed by atoms with Crippen LogP contribution in [0.4, 0.5) is 26.3 Å². The van der Waals surface area contributed by atoms with Gasteiger partial charge in [-0.05, 0) is 136 Å². The van der Waals surface area contributed by atoms with E-state index in [9.17, 15) is 50.3 Å². The van der Waals surface area contributed by atoms with Crippen molar-refractivity contribution in [2.45, 2.75) is 200 Å². The highest BCUT2D eigenvalue weighted by atomic mass is 19.4. The lowest BCUT2D eigenvalue weighted by Gasteiger charge is -2.62. The smallest absolute Gasteiger partial charge is 0.454 e. The number of fused-ring (bicyclic) bond motifs is 5. The van der Waals surface area contributed by atoms with Gasteiger partial charge in [0, 0.05) is 36.1 Å². The number of hydrogen-bond donors (Lipinski definition) is 0. The number of carbonyl (C=O) groups is 5. The molecule has 8 nitrogen and oxygen atoms in total. The Morgan fingerprint density at radius 1 is 0.611 bits per heavy atom. The molecule has 0 aromatic heterocycles. The first kappa shape index (κ1) is 57.1. The molecule has 10 atom stereocenters. The Balaban J connectivity index is 1.18. The van der Waals surface area contributed by atoms with E-state index in [-0.39, 0.29) is 52.0 Å². The van der Waals surface area contributed by atoms with E-state index in [1.54, 1.807) is 0 Å². The number of rotatable bonds is 24. The van der Waals surface area contributed by atoms with Gasteiger partial charge in [-0.15, -0.1) is 0 Å². The number of nitrogens with zero attached hydrogens (tertiary/aromatic N) is 1. The molecule has 0 aliphatic heterocycles. The normalized spacial score (nSPS) is 27.5. The summed E-state index contributed by atoms with van der Waals surface area (Å²) < 4.78 is 91.4. The third-order valence-electron chi connectivity index (χ3n) is 18.0. The van der Waals surface area contributed by atoms with Crippen LogP contribution in [0.2, 0.25) is 0 Å². The first-order valence-corrected chi connectivity index (χ1v) is 27.3. The fourth-order valence-electron chi connectivity index (χ4n) is 13.9. The van der Waals surface area contributed by atoms with E-state index in [4.69, 9.17) is 9.47 Å². The van der Waals surface area contributed by atoms with Crippen LogP contribution in [-0.2, 0) is 14.3 Å². The summed E-state index contributed by atoms with van der Waals surface area (Å²) in [6, 6.07) is 8.75. The molecule has 0 heterocycles. The van der Waals surface area contributed by atoms with Gasteiger partial charge in [0.15, 0.2) is 0 Å². The van der Waals surface area contributed by atoms with Gasteiger partial charge in [0.2, 0.25) is 5.91 Å². The minimum Gasteiger partial charge on any atom is -0.459 e. The van der Waals surface area contributed by atoms with Gasteiger partial charge in [0.25, 0.3) is 11.6 Å². The summed E-state index contributed by atoms with van der Waals surface area (Å²) in [7, 11) is 0. The Morgan fingerprint density at radius 2 is 1.10 bits per heavy atom. The maximum Gasteiger partial charge on any atom is 0.454 e. The maximum atomic E-state index is 14.2. The molecule has 4 aliphatic carbocycles. The molecule has 72 heavy (non-hydrogen) atoms. The second kappa shape index (κ2) is 24.9. The quantitative estimate of drug-likeness (QED) is 0.0446. The number of carbonyl (C=O) groups excluding carboxylic acids is 5. The van der Waals surface area contributed by atoms with Crippen LogP contribution in [0.3, 0.4) is 0 Å². The average Bonchev–Trinajstić information content (AvgIpc) is 3.72. The van der Waals surface area contributed by atoms with Gasteiger partial charge in [-0.25, -0.2) is 9.59 Å². The van der Waals surface area contributed by atoms with Crippen molar-refractivity contribution >= 4 is 29.4 Å². The molecule has 0 radical (unpaired) electrons. The minimum absolute atomic E-state index is 0.0524. The van der Waals surface area contributed by atoms with E-state index in [1.807, 2.05) is 0 Å². The lowest BCUT2D eigenvalue weighted by molar-refractivity contribution is -0.176. The third kappa shape index (κ3) is 13.5. The molecule has 4 fully saturated rings. The molecule has 400 valence electrons. The molecule has 14 heteroatoms. The van der Waals surface area contributed by atoms with Crippen LogP contribution in [-0.4, -0.2) is 72.0 Å². The van der Waals surface area contributed by atoms with E-state index in [0.29, 0.717) is 38.0 Å². The Labute approximate surface area is 423 Å². The number of alkyl halides is 6. The standard InChI is InChI=1S/C58H79F6NO7/c1-6-8-10-12-14-16-34-65(35-17-15-13-11-9-7-2)50(66)31-18-38(3)46-29-30-47-45-28-27-43-36-44(71-53(69)41-23-19-39(20-24-41)51(67)57(59,60)61)32-33-55(43,4)48(45)37-49(56(46,47)5)72-54(70)42-25-21-40(22-26-42)52(68)58(62,63)64/h19-26,38,43-49H,6-18,27-37H2,1-5H3/t38-,43-,44-,45+,46-,47+,48+,49+,55+,56-/m1/s1. The molecule has 4 aliphatic rings. The van der Waals surface area contributed by atoms with Crippen molar-refractivity contribution in [3.05, 3.63) is 70.8 Å². The van der Waals surface area contributed by atoms with Crippen molar-refractivity contribution < 1.29 is 59.8 Å². The zero-order valence-electron chi connectivity index (χ0n) is 43.3. The molecule has 0 N–H and O–H groups in total. The minimum atomic E-state index is -5.06. The molecular weight excluding hydrogens is 937 g/mol. The lowest BCUT2D eigenvalue weighted by atomic mass is 9.43. The van der Waals surface area contributed by atoms with Gasteiger partial charge in [-0.3, -0.25) is 14.4 Å². The molecule has 0 saturated heterocycles. The Hall–Kier alpha value is -4.23. The van der Waals surface area contributed by atoms with Crippen molar-refractivity contribution in [1.82, 2.24) is 4.90 Å². The van der Waals surface area contributed by atoms with Gasteiger partial charge < -0.3 is 14.4 Å². The van der Waals surface area contributed by atoms with Crippen molar-refractivity contribution in [1.29, 1.82) is 0 Å². The van der Waals surface area contributed by atoms with Gasteiger partial charge in [0.05, 0.1) is 11.1 Å². The van der Waals surface area contributed by atoms with Crippen molar-refractivity contribution in [3.63, 3.8) is 0 Å². The van der Waals surface area contributed by atoms with Crippen LogP contribution in [0.15, 0.2) is 48.5 Å². The first-order chi connectivity index (χ1) is 34.1. The second-order valence-electron chi connectivity index (χ2n) is 22.4. The summed E-state index contributed by atoms with van der Waals surface area (Å²) >= 11 is 0. The van der Waals surface area contributed by atoms with E-state index < -0.39 is 64.6 Å². The van der Waals surface area contributed by atoms with Crippen LogP contribution in [0.1, 0.15) is 217 Å². The molecular formula is C58H79F6NO7. The number of ether oxygens (including phenoxy) is 2. The number of hydrogen-bond acceptors (Lipinski definition) is 7. The van der Waals surface area contributed by atoms with Crippen molar-refractivity contribution in [2.24, 2.45) is 46.3 Å². The highest BCUT2D eigenvalue weighted by molar-refractivity contribution is 6.02. The van der Waals surface area contributed by atoms with Gasteiger partial charge in [-0.2, -0.15) is 26.3 Å². The average molecular weight is 1020 g/mol. The fourth-order valence-corrected chi connectivity index (χ4v) is 13.9. The SMILES string of the molecule is CCCCCCCCN(CCCCCCCC)C(=O)CC[C@@H](C)[C@H]1CC[C@H]2[C@@H]3CC[C@@H]4C[C@H](OC(=O)c5ccc(C(=O)C(F)(F)F)cc5)CC[C@]4(C)[C@H]3C[C@H](OC(=O)c3ccc(C(=O)C(F)(F)F)cc3)[C@]12C. The Bertz CT molecular complexity index is 2120. The number of ketones is 2.